The molecule has 0 aliphatic carbocycles. The summed E-state index contributed by atoms with van der Waals surface area (Å²) >= 11 is 1.62. The molecular formula is C11H19NO2S. The number of hydrogen-bond donors (Lipinski definition) is 1. The van der Waals surface area contributed by atoms with Gasteiger partial charge in [-0.3, -0.25) is 0 Å². The lowest BCUT2D eigenvalue weighted by Gasteiger charge is -2.06. The van der Waals surface area contributed by atoms with Crippen molar-refractivity contribution in [1.29, 1.82) is 0 Å². The zero-order valence-electron chi connectivity index (χ0n) is 9.62. The first kappa shape index (κ1) is 12.6. The molecule has 1 aromatic heterocycles. The fourth-order valence-corrected chi connectivity index (χ4v) is 2.78. The lowest BCUT2D eigenvalue weighted by Crippen LogP contribution is -1.96. The molecule has 3 nitrogen and oxygen atoms in total. The van der Waals surface area contributed by atoms with Crippen LogP contribution in [0.25, 0.3) is 0 Å². The molecule has 0 saturated carbocycles. The van der Waals surface area contributed by atoms with Gasteiger partial charge in [0.1, 0.15) is 0 Å². The van der Waals surface area contributed by atoms with Crippen molar-refractivity contribution in [2.24, 2.45) is 0 Å². The van der Waals surface area contributed by atoms with Gasteiger partial charge < -0.3 is 9.84 Å². The molecule has 0 aromatic carbocycles. The van der Waals surface area contributed by atoms with Crippen LogP contribution in [0.1, 0.15) is 48.2 Å². The summed E-state index contributed by atoms with van der Waals surface area (Å²) in [5.41, 5.74) is 0.895. The quantitative estimate of drug-likeness (QED) is 0.815. The molecule has 86 valence electrons. The van der Waals surface area contributed by atoms with Crippen molar-refractivity contribution in [2.45, 2.75) is 45.8 Å². The van der Waals surface area contributed by atoms with E-state index in [1.807, 2.05) is 0 Å². The molecular weight excluding hydrogens is 210 g/mol. The summed E-state index contributed by atoms with van der Waals surface area (Å²) in [5, 5.41) is 10.3. The van der Waals surface area contributed by atoms with Crippen LogP contribution in [-0.4, -0.2) is 17.2 Å². The third-order valence-electron chi connectivity index (χ3n) is 2.55. The average molecular weight is 229 g/mol. The van der Waals surface area contributed by atoms with Gasteiger partial charge in [-0.2, -0.15) is 0 Å². The first-order valence-electron chi connectivity index (χ1n) is 5.35. The second-order valence-electron chi connectivity index (χ2n) is 3.53. The number of aliphatic hydroxyl groups is 1. The van der Waals surface area contributed by atoms with Crippen LogP contribution in [0, 0.1) is 0 Å². The number of hydrogen-bond acceptors (Lipinski definition) is 4. The predicted octanol–water partition coefficient (Wildman–Crippen LogP) is 2.69. The average Bonchev–Trinajstić information content (AvgIpc) is 2.64. The fraction of sp³-hybridized carbons (Fsp3) is 0.727. The van der Waals surface area contributed by atoms with Crippen LogP contribution in [0.3, 0.4) is 0 Å². The van der Waals surface area contributed by atoms with Crippen LogP contribution in [-0.2, 0) is 18.0 Å². The van der Waals surface area contributed by atoms with Gasteiger partial charge in [0.15, 0.2) is 0 Å². The zero-order chi connectivity index (χ0) is 11.3. The van der Waals surface area contributed by atoms with E-state index in [9.17, 15) is 5.11 Å². The normalized spacial score (nSPS) is 11.3. The fourth-order valence-electron chi connectivity index (χ4n) is 1.59. The Bertz CT molecular complexity index is 295. The first-order chi connectivity index (χ1) is 7.26. The van der Waals surface area contributed by atoms with Gasteiger partial charge >= 0.3 is 0 Å². The summed E-state index contributed by atoms with van der Waals surface area (Å²) in [6.45, 7) is 4.90. The van der Waals surface area contributed by atoms with Gasteiger partial charge in [-0.05, 0) is 12.8 Å². The van der Waals surface area contributed by atoms with E-state index in [0.29, 0.717) is 12.5 Å². The Morgan fingerprint density at radius 1 is 1.40 bits per heavy atom. The molecule has 1 N–H and O–H groups in total. The Hall–Kier alpha value is -0.450. The van der Waals surface area contributed by atoms with Crippen LogP contribution in [0.4, 0.5) is 0 Å². The molecule has 4 heteroatoms. The van der Waals surface area contributed by atoms with Crippen molar-refractivity contribution >= 4 is 11.3 Å². The minimum atomic E-state index is 0.0660. The largest absolute Gasteiger partial charge is 0.391 e. The van der Waals surface area contributed by atoms with E-state index in [1.165, 1.54) is 0 Å². The number of methoxy groups -OCH3 is 1. The second kappa shape index (κ2) is 6.20. The smallest absolute Gasteiger partial charge is 0.0963 e. The molecule has 15 heavy (non-hydrogen) atoms. The first-order valence-corrected chi connectivity index (χ1v) is 6.16. The molecule has 0 atom stereocenters. The van der Waals surface area contributed by atoms with E-state index in [-0.39, 0.29) is 6.61 Å². The summed E-state index contributed by atoms with van der Waals surface area (Å²) in [7, 11) is 1.65. The molecule has 1 aromatic rings. The van der Waals surface area contributed by atoms with E-state index >= 15 is 0 Å². The van der Waals surface area contributed by atoms with E-state index in [1.54, 1.807) is 18.4 Å². The maximum atomic E-state index is 9.20. The van der Waals surface area contributed by atoms with Gasteiger partial charge in [0.25, 0.3) is 0 Å². The van der Waals surface area contributed by atoms with Gasteiger partial charge in [-0.15, -0.1) is 11.3 Å². The number of aromatic nitrogens is 1. The van der Waals surface area contributed by atoms with Gasteiger partial charge in [0.2, 0.25) is 0 Å². The van der Waals surface area contributed by atoms with Crippen molar-refractivity contribution in [2.75, 3.05) is 7.11 Å². The van der Waals surface area contributed by atoms with Gasteiger partial charge in [0, 0.05) is 13.0 Å². The van der Waals surface area contributed by atoms with Crippen LogP contribution >= 0.6 is 11.3 Å². The topological polar surface area (TPSA) is 42.4 Å². The lowest BCUT2D eigenvalue weighted by molar-refractivity contribution is 0.178. The standard InChI is InChI=1S/C11H19NO2S/c1-4-8(5-2)11-12-9(7-14-3)10(6-13)15-11/h8,13H,4-7H2,1-3H3. The number of nitrogens with zero attached hydrogens (tertiary/aromatic N) is 1. The highest BCUT2D eigenvalue weighted by molar-refractivity contribution is 7.11. The van der Waals surface area contributed by atoms with Crippen molar-refractivity contribution in [3.8, 4) is 0 Å². The highest BCUT2D eigenvalue weighted by Gasteiger charge is 2.15. The summed E-state index contributed by atoms with van der Waals surface area (Å²) in [4.78, 5) is 5.49. The van der Waals surface area contributed by atoms with Crippen LogP contribution in [0.15, 0.2) is 0 Å². The summed E-state index contributed by atoms with van der Waals surface area (Å²) < 4.78 is 5.06. The molecule has 0 radical (unpaired) electrons. The maximum Gasteiger partial charge on any atom is 0.0963 e. The zero-order valence-corrected chi connectivity index (χ0v) is 10.4. The molecule has 0 amide bonds. The van der Waals surface area contributed by atoms with E-state index in [4.69, 9.17) is 4.74 Å². The Morgan fingerprint density at radius 3 is 2.53 bits per heavy atom. The van der Waals surface area contributed by atoms with Crippen LogP contribution in [0.5, 0.6) is 0 Å². The minimum Gasteiger partial charge on any atom is -0.391 e. The molecule has 0 unspecified atom stereocenters. The van der Waals surface area contributed by atoms with Crippen LogP contribution in [0.2, 0.25) is 0 Å². The third-order valence-corrected chi connectivity index (χ3v) is 3.80. The maximum absolute atomic E-state index is 9.20. The van der Waals surface area contributed by atoms with Gasteiger partial charge in [0.05, 0.1) is 28.8 Å². The highest BCUT2D eigenvalue weighted by Crippen LogP contribution is 2.29. The number of thiazole rings is 1. The number of ether oxygens (including phenoxy) is 1. The molecule has 0 saturated heterocycles. The summed E-state index contributed by atoms with van der Waals surface area (Å²) in [5.74, 6) is 0.519. The highest BCUT2D eigenvalue weighted by atomic mass is 32.1. The second-order valence-corrected chi connectivity index (χ2v) is 4.64. The summed E-state index contributed by atoms with van der Waals surface area (Å²) in [6.07, 6.45) is 2.20. The molecule has 1 heterocycles. The summed E-state index contributed by atoms with van der Waals surface area (Å²) in [6, 6.07) is 0. The lowest BCUT2D eigenvalue weighted by atomic mass is 10.1. The monoisotopic (exact) mass is 229 g/mol. The van der Waals surface area contributed by atoms with E-state index in [2.05, 4.69) is 18.8 Å². The Morgan fingerprint density at radius 2 is 2.07 bits per heavy atom. The number of aliphatic hydroxyl groups excluding tert-OH is 1. The minimum absolute atomic E-state index is 0.0660. The Balaban J connectivity index is 2.90. The molecule has 0 aliphatic heterocycles. The Kier molecular flexibility index (Phi) is 5.22. The van der Waals surface area contributed by atoms with Crippen molar-refractivity contribution in [1.82, 2.24) is 4.98 Å². The Labute approximate surface area is 95.1 Å². The molecule has 0 bridgehead atoms. The van der Waals surface area contributed by atoms with Crippen LogP contribution < -0.4 is 0 Å². The van der Waals surface area contributed by atoms with Crippen molar-refractivity contribution < 1.29 is 9.84 Å². The molecule has 0 fully saturated rings. The van der Waals surface area contributed by atoms with E-state index < -0.39 is 0 Å². The van der Waals surface area contributed by atoms with Gasteiger partial charge in [-0.1, -0.05) is 13.8 Å². The third kappa shape index (κ3) is 3.00. The molecule has 0 spiro atoms. The van der Waals surface area contributed by atoms with Crippen molar-refractivity contribution in [3.63, 3.8) is 0 Å². The number of rotatable bonds is 6. The SMILES string of the molecule is CCC(CC)c1nc(COC)c(CO)s1. The molecule has 0 aliphatic rings. The molecule has 1 rings (SSSR count). The van der Waals surface area contributed by atoms with Gasteiger partial charge in [-0.25, -0.2) is 4.98 Å². The predicted molar refractivity (Wildman–Crippen MR) is 62.1 cm³/mol. The van der Waals surface area contributed by atoms with Crippen molar-refractivity contribution in [3.05, 3.63) is 15.6 Å². The van der Waals surface area contributed by atoms with E-state index in [0.717, 1.165) is 28.4 Å².